The first-order valence-electron chi connectivity index (χ1n) is 8.41. The molecule has 1 amide bonds. The summed E-state index contributed by atoms with van der Waals surface area (Å²) < 4.78 is 5.10. The number of esters is 1. The van der Waals surface area contributed by atoms with Crippen molar-refractivity contribution in [3.05, 3.63) is 65.7 Å². The summed E-state index contributed by atoms with van der Waals surface area (Å²) >= 11 is 1.41. The van der Waals surface area contributed by atoms with E-state index in [0.717, 1.165) is 21.7 Å². The van der Waals surface area contributed by atoms with Crippen LogP contribution in [0.1, 0.15) is 17.5 Å². The van der Waals surface area contributed by atoms with Gasteiger partial charge < -0.3 is 4.74 Å². The number of carbonyl (C=O) groups is 2. The van der Waals surface area contributed by atoms with Crippen LogP contribution in [-0.4, -0.2) is 41.5 Å². The summed E-state index contributed by atoms with van der Waals surface area (Å²) in [7, 11) is 0. The maximum Gasteiger partial charge on any atom is 0.316 e. The molecule has 134 valence electrons. The van der Waals surface area contributed by atoms with Crippen molar-refractivity contribution in [3.63, 3.8) is 0 Å². The van der Waals surface area contributed by atoms with E-state index in [-0.39, 0.29) is 18.3 Å². The SMILES string of the molecule is Cc1ccccc1SCC(=O)OCC(=O)N1CCC(c2ccccc2)=N1. The van der Waals surface area contributed by atoms with Crippen molar-refractivity contribution in [1.29, 1.82) is 0 Å². The second-order valence-electron chi connectivity index (χ2n) is 5.89. The standard InChI is InChI=1S/C20H20N2O3S/c1-15-7-5-6-10-18(15)26-14-20(24)25-13-19(23)22-12-11-17(21-22)16-8-3-2-4-9-16/h2-10H,11-14H2,1H3. The summed E-state index contributed by atoms with van der Waals surface area (Å²) in [6.07, 6.45) is 0.701. The number of carbonyl (C=O) groups excluding carboxylic acids is 2. The van der Waals surface area contributed by atoms with Gasteiger partial charge in [-0.1, -0.05) is 48.5 Å². The van der Waals surface area contributed by atoms with E-state index in [1.54, 1.807) is 0 Å². The normalized spacial score (nSPS) is 13.4. The maximum absolute atomic E-state index is 12.2. The quantitative estimate of drug-likeness (QED) is 0.580. The Labute approximate surface area is 157 Å². The Kier molecular flexibility index (Phi) is 6.07. The van der Waals surface area contributed by atoms with Gasteiger partial charge in [0.15, 0.2) is 6.61 Å². The van der Waals surface area contributed by atoms with Crippen LogP contribution in [0.4, 0.5) is 0 Å². The van der Waals surface area contributed by atoms with Crippen molar-refractivity contribution in [3.8, 4) is 0 Å². The largest absolute Gasteiger partial charge is 0.455 e. The van der Waals surface area contributed by atoms with Crippen LogP contribution >= 0.6 is 11.8 Å². The average Bonchev–Trinajstić information content (AvgIpc) is 3.16. The molecule has 0 bridgehead atoms. The van der Waals surface area contributed by atoms with Crippen LogP contribution in [0.25, 0.3) is 0 Å². The number of hydrogen-bond donors (Lipinski definition) is 0. The molecule has 0 unspecified atom stereocenters. The second-order valence-corrected chi connectivity index (χ2v) is 6.91. The van der Waals surface area contributed by atoms with Crippen molar-refractivity contribution in [2.75, 3.05) is 18.9 Å². The van der Waals surface area contributed by atoms with Crippen molar-refractivity contribution < 1.29 is 14.3 Å². The number of rotatable bonds is 6. The van der Waals surface area contributed by atoms with Crippen LogP contribution < -0.4 is 0 Å². The Morgan fingerprint density at radius 3 is 2.62 bits per heavy atom. The molecule has 1 heterocycles. The molecule has 2 aromatic carbocycles. The monoisotopic (exact) mass is 368 g/mol. The van der Waals surface area contributed by atoms with E-state index in [1.165, 1.54) is 16.8 Å². The molecule has 0 radical (unpaired) electrons. The topological polar surface area (TPSA) is 59.0 Å². The number of aryl methyl sites for hydroxylation is 1. The fourth-order valence-corrected chi connectivity index (χ4v) is 3.41. The lowest BCUT2D eigenvalue weighted by molar-refractivity contribution is -0.149. The zero-order valence-electron chi connectivity index (χ0n) is 14.6. The molecule has 26 heavy (non-hydrogen) atoms. The number of nitrogens with zero attached hydrogens (tertiary/aromatic N) is 2. The van der Waals surface area contributed by atoms with Crippen LogP contribution in [0.2, 0.25) is 0 Å². The highest BCUT2D eigenvalue weighted by molar-refractivity contribution is 8.00. The van der Waals surface area contributed by atoms with Gasteiger partial charge in [-0.3, -0.25) is 9.59 Å². The third-order valence-corrected chi connectivity index (χ3v) is 5.14. The lowest BCUT2D eigenvalue weighted by Crippen LogP contribution is -2.29. The van der Waals surface area contributed by atoms with Crippen LogP contribution in [-0.2, 0) is 14.3 Å². The fraction of sp³-hybridized carbons (Fsp3) is 0.250. The van der Waals surface area contributed by atoms with Gasteiger partial charge in [0.1, 0.15) is 0 Å². The van der Waals surface area contributed by atoms with E-state index < -0.39 is 5.97 Å². The van der Waals surface area contributed by atoms with Crippen molar-refractivity contribution in [1.82, 2.24) is 5.01 Å². The fourth-order valence-electron chi connectivity index (χ4n) is 2.58. The predicted molar refractivity (Wildman–Crippen MR) is 102 cm³/mol. The highest BCUT2D eigenvalue weighted by Gasteiger charge is 2.22. The molecule has 3 rings (SSSR count). The van der Waals surface area contributed by atoms with Gasteiger partial charge in [0.25, 0.3) is 5.91 Å². The molecule has 6 heteroatoms. The molecule has 0 fully saturated rings. The third-order valence-electron chi connectivity index (χ3n) is 3.99. The van der Waals surface area contributed by atoms with Gasteiger partial charge in [-0.05, 0) is 24.1 Å². The van der Waals surface area contributed by atoms with Crippen LogP contribution in [0.15, 0.2) is 64.6 Å². The maximum atomic E-state index is 12.2. The van der Waals surface area contributed by atoms with Crippen LogP contribution in [0.3, 0.4) is 0 Å². The zero-order chi connectivity index (χ0) is 18.4. The van der Waals surface area contributed by atoms with E-state index in [9.17, 15) is 9.59 Å². The van der Waals surface area contributed by atoms with Gasteiger partial charge in [0, 0.05) is 11.3 Å². The first-order valence-corrected chi connectivity index (χ1v) is 9.39. The van der Waals surface area contributed by atoms with E-state index >= 15 is 0 Å². The van der Waals surface area contributed by atoms with E-state index in [2.05, 4.69) is 5.10 Å². The molecule has 1 aliphatic heterocycles. The highest BCUT2D eigenvalue weighted by atomic mass is 32.2. The first kappa shape index (κ1) is 18.2. The molecule has 2 aromatic rings. The molecule has 0 atom stereocenters. The van der Waals surface area contributed by atoms with Crippen molar-refractivity contribution >= 4 is 29.4 Å². The molecule has 0 N–H and O–H groups in total. The van der Waals surface area contributed by atoms with Crippen LogP contribution in [0.5, 0.6) is 0 Å². The lowest BCUT2D eigenvalue weighted by atomic mass is 10.1. The number of hydrogen-bond acceptors (Lipinski definition) is 5. The highest BCUT2D eigenvalue weighted by Crippen LogP contribution is 2.21. The molecule has 0 saturated carbocycles. The van der Waals surface area contributed by atoms with Crippen LogP contribution in [0, 0.1) is 6.92 Å². The van der Waals surface area contributed by atoms with Crippen molar-refractivity contribution in [2.24, 2.45) is 5.10 Å². The molecular weight excluding hydrogens is 348 g/mol. The number of ether oxygens (including phenoxy) is 1. The van der Waals surface area contributed by atoms with Gasteiger partial charge in [0.05, 0.1) is 18.0 Å². The van der Waals surface area contributed by atoms with Gasteiger partial charge in [0.2, 0.25) is 0 Å². The summed E-state index contributed by atoms with van der Waals surface area (Å²) in [5.41, 5.74) is 3.00. The first-order chi connectivity index (χ1) is 12.6. The Morgan fingerprint density at radius 1 is 1.12 bits per heavy atom. The van der Waals surface area contributed by atoms with Crippen molar-refractivity contribution in [2.45, 2.75) is 18.2 Å². The average molecular weight is 368 g/mol. The molecule has 0 aromatic heterocycles. The molecular formula is C20H20N2O3S. The predicted octanol–water partition coefficient (Wildman–Crippen LogP) is 3.27. The molecule has 0 spiro atoms. The third kappa shape index (κ3) is 4.73. The number of thioether (sulfide) groups is 1. The number of hydrazone groups is 1. The minimum absolute atomic E-state index is 0.177. The van der Waals surface area contributed by atoms with Gasteiger partial charge in [-0.15, -0.1) is 11.8 Å². The number of amides is 1. The Bertz CT molecular complexity index is 821. The summed E-state index contributed by atoms with van der Waals surface area (Å²) in [6.45, 7) is 2.23. The van der Waals surface area contributed by atoms with Gasteiger partial charge >= 0.3 is 5.97 Å². The summed E-state index contributed by atoms with van der Waals surface area (Å²) in [6, 6.07) is 17.6. The molecule has 1 aliphatic rings. The van der Waals surface area contributed by atoms with Gasteiger partial charge in [-0.2, -0.15) is 5.10 Å². The summed E-state index contributed by atoms with van der Waals surface area (Å²) in [4.78, 5) is 25.1. The summed E-state index contributed by atoms with van der Waals surface area (Å²) in [5, 5.41) is 5.72. The molecule has 0 aliphatic carbocycles. The van der Waals surface area contributed by atoms with E-state index in [4.69, 9.17) is 4.74 Å². The summed E-state index contributed by atoms with van der Waals surface area (Å²) in [5.74, 6) is -0.528. The smallest absolute Gasteiger partial charge is 0.316 e. The Hall–Kier alpha value is -2.60. The number of benzene rings is 2. The van der Waals surface area contributed by atoms with E-state index in [1.807, 2.05) is 61.5 Å². The lowest BCUT2D eigenvalue weighted by Gasteiger charge is -2.11. The Morgan fingerprint density at radius 2 is 1.85 bits per heavy atom. The minimum Gasteiger partial charge on any atom is -0.455 e. The Balaban J connectivity index is 1.46. The van der Waals surface area contributed by atoms with Gasteiger partial charge in [-0.25, -0.2) is 5.01 Å². The minimum atomic E-state index is -0.405. The zero-order valence-corrected chi connectivity index (χ0v) is 15.4. The molecule has 5 nitrogen and oxygen atoms in total. The molecule has 0 saturated heterocycles. The second kappa shape index (κ2) is 8.67. The van der Waals surface area contributed by atoms with E-state index in [0.29, 0.717) is 13.0 Å².